The van der Waals surface area contributed by atoms with Gasteiger partial charge < -0.3 is 15.0 Å². The highest BCUT2D eigenvalue weighted by Gasteiger charge is 2.19. The Kier molecular flexibility index (Phi) is 7.94. The van der Waals surface area contributed by atoms with Crippen molar-refractivity contribution in [2.24, 2.45) is 10.9 Å². The molecule has 3 rings (SSSR count). The van der Waals surface area contributed by atoms with Crippen LogP contribution in [0.2, 0.25) is 0 Å². The summed E-state index contributed by atoms with van der Waals surface area (Å²) in [6.45, 7) is 5.02. The number of nitrogens with zero attached hydrogens (tertiary/aromatic N) is 3. The van der Waals surface area contributed by atoms with E-state index in [4.69, 9.17) is 9.73 Å². The average Bonchev–Trinajstić information content (AvgIpc) is 2.76. The van der Waals surface area contributed by atoms with Gasteiger partial charge in [-0.2, -0.15) is 0 Å². The molecule has 0 aliphatic carbocycles. The van der Waals surface area contributed by atoms with Crippen molar-refractivity contribution in [2.45, 2.75) is 25.9 Å². The van der Waals surface area contributed by atoms with Crippen LogP contribution in [0.4, 0.5) is 0 Å². The molecule has 1 saturated heterocycles. The van der Waals surface area contributed by atoms with Gasteiger partial charge in [-0.15, -0.1) is 0 Å². The first-order valence-corrected chi connectivity index (χ1v) is 10.5. The average molecular weight is 395 g/mol. The van der Waals surface area contributed by atoms with Gasteiger partial charge >= 0.3 is 0 Å². The first kappa shape index (κ1) is 21.2. The van der Waals surface area contributed by atoms with Gasteiger partial charge in [0, 0.05) is 27.2 Å². The predicted molar refractivity (Wildman–Crippen MR) is 120 cm³/mol. The Morgan fingerprint density at radius 2 is 1.72 bits per heavy atom. The Morgan fingerprint density at radius 1 is 1.03 bits per heavy atom. The maximum Gasteiger partial charge on any atom is 0.193 e. The standard InChI is InChI=1S/C24H34N4O/c1-27(2)24(25-17-20-7-5-4-6-8-20)26-18-21-13-15-28(16-14-21)19-22-9-11-23(29-3)12-10-22/h4-12,21H,13-19H2,1-3H3,(H,25,26). The topological polar surface area (TPSA) is 40.1 Å². The molecule has 0 saturated carbocycles. The molecule has 1 aliphatic rings. The number of rotatable bonds is 7. The molecule has 1 fully saturated rings. The normalized spacial score (nSPS) is 15.9. The van der Waals surface area contributed by atoms with Crippen molar-refractivity contribution < 1.29 is 4.74 Å². The molecule has 0 spiro atoms. The van der Waals surface area contributed by atoms with Crippen LogP contribution in [-0.4, -0.2) is 56.6 Å². The van der Waals surface area contributed by atoms with Crippen LogP contribution < -0.4 is 10.1 Å². The molecule has 2 aromatic carbocycles. The second-order valence-electron chi connectivity index (χ2n) is 7.97. The van der Waals surface area contributed by atoms with Crippen LogP contribution in [0.1, 0.15) is 24.0 Å². The fourth-order valence-corrected chi connectivity index (χ4v) is 3.68. The van der Waals surface area contributed by atoms with Crippen molar-refractivity contribution >= 4 is 5.96 Å². The van der Waals surface area contributed by atoms with E-state index in [1.807, 2.05) is 32.3 Å². The van der Waals surface area contributed by atoms with Gasteiger partial charge in [-0.1, -0.05) is 42.5 Å². The minimum atomic E-state index is 0.698. The third kappa shape index (κ3) is 6.79. The summed E-state index contributed by atoms with van der Waals surface area (Å²) >= 11 is 0. The summed E-state index contributed by atoms with van der Waals surface area (Å²) in [7, 11) is 5.81. The molecule has 0 unspecified atom stereocenters. The van der Waals surface area contributed by atoms with E-state index in [0.29, 0.717) is 12.5 Å². The van der Waals surface area contributed by atoms with Crippen LogP contribution >= 0.6 is 0 Å². The van der Waals surface area contributed by atoms with E-state index in [2.05, 4.69) is 51.5 Å². The zero-order chi connectivity index (χ0) is 20.5. The maximum atomic E-state index is 5.24. The summed E-state index contributed by atoms with van der Waals surface area (Å²) in [5.41, 5.74) is 2.59. The Balaban J connectivity index is 1.43. The zero-order valence-corrected chi connectivity index (χ0v) is 18.0. The molecule has 2 aromatic rings. The van der Waals surface area contributed by atoms with Crippen LogP contribution in [0.5, 0.6) is 5.75 Å². The molecule has 5 nitrogen and oxygen atoms in total. The van der Waals surface area contributed by atoms with Gasteiger partial charge in [-0.25, -0.2) is 4.99 Å². The molecule has 0 atom stereocenters. The Morgan fingerprint density at radius 3 is 2.34 bits per heavy atom. The minimum absolute atomic E-state index is 0.698. The fraction of sp³-hybridized carbons (Fsp3) is 0.458. The monoisotopic (exact) mass is 394 g/mol. The molecular weight excluding hydrogens is 360 g/mol. The predicted octanol–water partition coefficient (Wildman–Crippen LogP) is 3.61. The Hall–Kier alpha value is -2.53. The maximum absolute atomic E-state index is 5.24. The number of piperidine rings is 1. The zero-order valence-electron chi connectivity index (χ0n) is 18.0. The second-order valence-corrected chi connectivity index (χ2v) is 7.97. The van der Waals surface area contributed by atoms with Crippen molar-refractivity contribution in [3.8, 4) is 5.75 Å². The molecule has 0 aromatic heterocycles. The number of hydrogen-bond donors (Lipinski definition) is 1. The molecule has 0 bridgehead atoms. The van der Waals surface area contributed by atoms with Gasteiger partial charge in [0.15, 0.2) is 5.96 Å². The molecule has 156 valence electrons. The minimum Gasteiger partial charge on any atom is -0.497 e. The number of aliphatic imine (C=N–C) groups is 1. The van der Waals surface area contributed by atoms with E-state index in [1.54, 1.807) is 7.11 Å². The molecule has 0 radical (unpaired) electrons. The van der Waals surface area contributed by atoms with E-state index in [-0.39, 0.29) is 0 Å². The summed E-state index contributed by atoms with van der Waals surface area (Å²) < 4.78 is 5.24. The summed E-state index contributed by atoms with van der Waals surface area (Å²) in [5, 5.41) is 3.58. The van der Waals surface area contributed by atoms with E-state index < -0.39 is 0 Å². The van der Waals surface area contributed by atoms with E-state index >= 15 is 0 Å². The number of ether oxygens (including phenoxy) is 1. The summed E-state index contributed by atoms with van der Waals surface area (Å²) in [6.07, 6.45) is 2.45. The summed E-state index contributed by atoms with van der Waals surface area (Å²) in [4.78, 5) is 9.40. The fourth-order valence-electron chi connectivity index (χ4n) is 3.68. The highest BCUT2D eigenvalue weighted by atomic mass is 16.5. The highest BCUT2D eigenvalue weighted by Crippen LogP contribution is 2.19. The van der Waals surface area contributed by atoms with Crippen molar-refractivity contribution in [2.75, 3.05) is 40.8 Å². The lowest BCUT2D eigenvalue weighted by Gasteiger charge is -2.32. The quantitative estimate of drug-likeness (QED) is 0.575. The third-order valence-electron chi connectivity index (χ3n) is 5.50. The number of hydrogen-bond acceptors (Lipinski definition) is 3. The van der Waals surface area contributed by atoms with Gasteiger partial charge in [0.2, 0.25) is 0 Å². The molecule has 1 aliphatic heterocycles. The number of likely N-dealkylation sites (tertiary alicyclic amines) is 1. The van der Waals surface area contributed by atoms with E-state index in [0.717, 1.165) is 37.9 Å². The number of guanidine groups is 1. The molecule has 1 heterocycles. The molecular formula is C24H34N4O. The highest BCUT2D eigenvalue weighted by molar-refractivity contribution is 5.79. The van der Waals surface area contributed by atoms with Crippen LogP contribution in [0.25, 0.3) is 0 Å². The van der Waals surface area contributed by atoms with Crippen molar-refractivity contribution in [1.82, 2.24) is 15.1 Å². The first-order chi connectivity index (χ1) is 14.1. The Bertz CT molecular complexity index is 750. The number of nitrogens with one attached hydrogen (secondary N) is 1. The number of methoxy groups -OCH3 is 1. The third-order valence-corrected chi connectivity index (χ3v) is 5.50. The number of benzene rings is 2. The lowest BCUT2D eigenvalue weighted by molar-refractivity contribution is 0.177. The Labute approximate surface area is 175 Å². The molecule has 0 amide bonds. The summed E-state index contributed by atoms with van der Waals surface area (Å²) in [5.74, 6) is 2.59. The van der Waals surface area contributed by atoms with Crippen LogP contribution in [0.3, 0.4) is 0 Å². The summed E-state index contributed by atoms with van der Waals surface area (Å²) in [6, 6.07) is 18.8. The molecule has 5 heteroatoms. The lowest BCUT2D eigenvalue weighted by Crippen LogP contribution is -2.42. The van der Waals surface area contributed by atoms with E-state index in [9.17, 15) is 0 Å². The molecule has 29 heavy (non-hydrogen) atoms. The largest absolute Gasteiger partial charge is 0.497 e. The van der Waals surface area contributed by atoms with Crippen molar-refractivity contribution in [3.63, 3.8) is 0 Å². The van der Waals surface area contributed by atoms with Crippen molar-refractivity contribution in [3.05, 3.63) is 65.7 Å². The van der Waals surface area contributed by atoms with Gasteiger partial charge in [0.25, 0.3) is 0 Å². The SMILES string of the molecule is COc1ccc(CN2CCC(CNC(=NCc3ccccc3)N(C)C)CC2)cc1. The van der Waals surface area contributed by atoms with Crippen LogP contribution in [-0.2, 0) is 13.1 Å². The lowest BCUT2D eigenvalue weighted by atomic mass is 9.96. The van der Waals surface area contributed by atoms with Gasteiger partial charge in [-0.3, -0.25) is 4.90 Å². The van der Waals surface area contributed by atoms with Gasteiger partial charge in [0.1, 0.15) is 5.75 Å². The van der Waals surface area contributed by atoms with Gasteiger partial charge in [0.05, 0.1) is 13.7 Å². The van der Waals surface area contributed by atoms with Crippen molar-refractivity contribution in [1.29, 1.82) is 0 Å². The second kappa shape index (κ2) is 10.9. The van der Waals surface area contributed by atoms with E-state index in [1.165, 1.54) is 24.0 Å². The van der Waals surface area contributed by atoms with Crippen LogP contribution in [0, 0.1) is 5.92 Å². The molecule has 1 N–H and O–H groups in total. The van der Waals surface area contributed by atoms with Gasteiger partial charge in [-0.05, 0) is 55.1 Å². The first-order valence-electron chi connectivity index (χ1n) is 10.5. The van der Waals surface area contributed by atoms with Crippen LogP contribution in [0.15, 0.2) is 59.6 Å². The smallest absolute Gasteiger partial charge is 0.193 e.